The number of oxime groups is 1. The minimum Gasteiger partial charge on any atom is -0.493 e. The van der Waals surface area contributed by atoms with E-state index in [2.05, 4.69) is 5.16 Å². The van der Waals surface area contributed by atoms with Crippen LogP contribution < -0.4 is 10.5 Å². The Morgan fingerprint density at radius 2 is 2.12 bits per heavy atom. The summed E-state index contributed by atoms with van der Waals surface area (Å²) in [6, 6.07) is 3.80. The number of rotatable bonds is 6. The number of halogens is 1. The van der Waals surface area contributed by atoms with Crippen molar-refractivity contribution < 1.29 is 22.8 Å². The van der Waals surface area contributed by atoms with Gasteiger partial charge in [0, 0.05) is 25.4 Å². The van der Waals surface area contributed by atoms with E-state index in [1.807, 2.05) is 4.90 Å². The topological polar surface area (TPSA) is 105 Å². The maximum Gasteiger partial charge on any atom is 0.233 e. The standard InChI is InChI=1S/C16H24FN3O4S/c1-25(22,23)15-5-4-13(11-14(15)17)24-10-2-3-12-6-8-20(9-7-12)16(18)19-21/h4-5,11-12,21H,2-3,6-10H2,1H3,(H2,18,19). The van der Waals surface area contributed by atoms with Crippen molar-refractivity contribution in [1.29, 1.82) is 0 Å². The highest BCUT2D eigenvalue weighted by Crippen LogP contribution is 2.23. The zero-order valence-electron chi connectivity index (χ0n) is 14.2. The van der Waals surface area contributed by atoms with E-state index in [0.29, 0.717) is 18.3 Å². The fraction of sp³-hybridized carbons (Fsp3) is 0.562. The van der Waals surface area contributed by atoms with Crippen LogP contribution in [-0.2, 0) is 9.84 Å². The molecule has 0 unspecified atom stereocenters. The fourth-order valence-electron chi connectivity index (χ4n) is 2.95. The molecule has 0 spiro atoms. The molecular weight excluding hydrogens is 349 g/mol. The minimum atomic E-state index is -3.57. The van der Waals surface area contributed by atoms with Gasteiger partial charge < -0.3 is 20.6 Å². The average molecular weight is 373 g/mol. The molecule has 0 atom stereocenters. The van der Waals surface area contributed by atoms with E-state index in [-0.39, 0.29) is 10.9 Å². The summed E-state index contributed by atoms with van der Waals surface area (Å²) >= 11 is 0. The normalized spacial score (nSPS) is 16.9. The fourth-order valence-corrected chi connectivity index (χ4v) is 3.68. The molecule has 1 fully saturated rings. The quantitative estimate of drug-likeness (QED) is 0.259. The first-order chi connectivity index (χ1) is 11.8. The van der Waals surface area contributed by atoms with Crippen LogP contribution in [0.15, 0.2) is 28.3 Å². The molecule has 1 aromatic carbocycles. The van der Waals surface area contributed by atoms with E-state index in [1.54, 1.807) is 0 Å². The molecule has 1 heterocycles. The van der Waals surface area contributed by atoms with Crippen LogP contribution in [-0.4, -0.2) is 50.4 Å². The van der Waals surface area contributed by atoms with E-state index in [1.165, 1.54) is 12.1 Å². The van der Waals surface area contributed by atoms with E-state index in [4.69, 9.17) is 15.7 Å². The van der Waals surface area contributed by atoms with Gasteiger partial charge in [0.2, 0.25) is 5.96 Å². The number of ether oxygens (including phenoxy) is 1. The smallest absolute Gasteiger partial charge is 0.233 e. The summed E-state index contributed by atoms with van der Waals surface area (Å²) in [6.07, 6.45) is 4.71. The SMILES string of the molecule is CS(=O)(=O)c1ccc(OCCCC2CCN(C(N)=NO)CC2)cc1F. The molecule has 140 valence electrons. The first kappa shape index (κ1) is 19.3. The van der Waals surface area contributed by atoms with Crippen molar-refractivity contribution in [3.63, 3.8) is 0 Å². The third-order valence-corrected chi connectivity index (χ3v) is 5.50. The highest BCUT2D eigenvalue weighted by atomic mass is 32.2. The predicted octanol–water partition coefficient (Wildman–Crippen LogP) is 1.80. The Balaban J connectivity index is 1.73. The van der Waals surface area contributed by atoms with Gasteiger partial charge in [0.25, 0.3) is 0 Å². The van der Waals surface area contributed by atoms with Gasteiger partial charge in [-0.15, -0.1) is 0 Å². The van der Waals surface area contributed by atoms with Gasteiger partial charge in [0.15, 0.2) is 9.84 Å². The number of guanidine groups is 1. The number of nitrogens with two attached hydrogens (primary N) is 1. The summed E-state index contributed by atoms with van der Waals surface area (Å²) in [7, 11) is -3.57. The predicted molar refractivity (Wildman–Crippen MR) is 91.9 cm³/mol. The largest absolute Gasteiger partial charge is 0.493 e. The number of sulfone groups is 1. The second-order valence-corrected chi connectivity index (χ2v) is 8.23. The summed E-state index contributed by atoms with van der Waals surface area (Å²) in [6.45, 7) is 1.97. The lowest BCUT2D eigenvalue weighted by atomic mass is 9.92. The Morgan fingerprint density at radius 3 is 2.68 bits per heavy atom. The van der Waals surface area contributed by atoms with Crippen LogP contribution in [0.1, 0.15) is 25.7 Å². The van der Waals surface area contributed by atoms with Gasteiger partial charge in [-0.2, -0.15) is 0 Å². The lowest BCUT2D eigenvalue weighted by Gasteiger charge is -2.32. The molecule has 9 heteroatoms. The average Bonchev–Trinajstić information content (AvgIpc) is 2.57. The molecular formula is C16H24FN3O4S. The van der Waals surface area contributed by atoms with Gasteiger partial charge in [0.05, 0.1) is 6.61 Å². The molecule has 1 aromatic rings. The maximum atomic E-state index is 13.8. The number of benzene rings is 1. The number of likely N-dealkylation sites (tertiary alicyclic amines) is 1. The van der Waals surface area contributed by atoms with Crippen LogP contribution in [0.5, 0.6) is 5.75 Å². The van der Waals surface area contributed by atoms with Crippen molar-refractivity contribution in [2.45, 2.75) is 30.6 Å². The summed E-state index contributed by atoms with van der Waals surface area (Å²) in [4.78, 5) is 1.52. The first-order valence-electron chi connectivity index (χ1n) is 8.16. The molecule has 0 saturated carbocycles. The second-order valence-electron chi connectivity index (χ2n) is 6.24. The third-order valence-electron chi connectivity index (χ3n) is 4.37. The molecule has 3 N–H and O–H groups in total. The van der Waals surface area contributed by atoms with Gasteiger partial charge in [0.1, 0.15) is 16.5 Å². The highest BCUT2D eigenvalue weighted by Gasteiger charge is 2.20. The molecule has 1 aliphatic heterocycles. The zero-order valence-corrected chi connectivity index (χ0v) is 15.0. The number of hydrogen-bond donors (Lipinski definition) is 2. The van der Waals surface area contributed by atoms with E-state index in [0.717, 1.165) is 51.1 Å². The van der Waals surface area contributed by atoms with Gasteiger partial charge in [-0.1, -0.05) is 5.16 Å². The maximum absolute atomic E-state index is 13.8. The van der Waals surface area contributed by atoms with Crippen LogP contribution >= 0.6 is 0 Å². The Kier molecular flexibility index (Phi) is 6.46. The minimum absolute atomic E-state index is 0.154. The number of piperidine rings is 1. The molecule has 0 aromatic heterocycles. The molecule has 2 rings (SSSR count). The molecule has 1 saturated heterocycles. The van der Waals surface area contributed by atoms with Crippen LogP contribution in [0, 0.1) is 11.7 Å². The summed E-state index contributed by atoms with van der Waals surface area (Å²) < 4.78 is 42.0. The monoisotopic (exact) mass is 373 g/mol. The van der Waals surface area contributed by atoms with Crippen LogP contribution in [0.25, 0.3) is 0 Å². The molecule has 0 bridgehead atoms. The molecule has 25 heavy (non-hydrogen) atoms. The molecule has 1 aliphatic rings. The molecule has 0 aliphatic carbocycles. The van der Waals surface area contributed by atoms with Gasteiger partial charge >= 0.3 is 0 Å². The Bertz CT molecular complexity index is 716. The Labute approximate surface area is 147 Å². The Hall–Kier alpha value is -2.03. The lowest BCUT2D eigenvalue weighted by Crippen LogP contribution is -2.42. The van der Waals surface area contributed by atoms with Crippen LogP contribution in [0.3, 0.4) is 0 Å². The van der Waals surface area contributed by atoms with Crippen molar-refractivity contribution in [2.75, 3.05) is 26.0 Å². The summed E-state index contributed by atoms with van der Waals surface area (Å²) in [5.41, 5.74) is 5.57. The molecule has 0 radical (unpaired) electrons. The molecule has 7 nitrogen and oxygen atoms in total. The van der Waals surface area contributed by atoms with Crippen LogP contribution in [0.2, 0.25) is 0 Å². The van der Waals surface area contributed by atoms with Crippen molar-refractivity contribution in [2.24, 2.45) is 16.8 Å². The summed E-state index contributed by atoms with van der Waals surface area (Å²) in [5.74, 6) is 0.235. The van der Waals surface area contributed by atoms with Crippen LogP contribution in [0.4, 0.5) is 4.39 Å². The Morgan fingerprint density at radius 1 is 1.44 bits per heavy atom. The molecule has 0 amide bonds. The lowest BCUT2D eigenvalue weighted by molar-refractivity contribution is 0.222. The zero-order chi connectivity index (χ0) is 18.4. The highest BCUT2D eigenvalue weighted by molar-refractivity contribution is 7.90. The summed E-state index contributed by atoms with van der Waals surface area (Å²) in [5, 5.41) is 11.7. The van der Waals surface area contributed by atoms with Gasteiger partial charge in [-0.3, -0.25) is 0 Å². The van der Waals surface area contributed by atoms with Crippen molar-refractivity contribution in [3.8, 4) is 5.75 Å². The van der Waals surface area contributed by atoms with E-state index in [9.17, 15) is 12.8 Å². The number of nitrogens with zero attached hydrogens (tertiary/aromatic N) is 2. The van der Waals surface area contributed by atoms with Crippen molar-refractivity contribution in [3.05, 3.63) is 24.0 Å². The van der Waals surface area contributed by atoms with E-state index >= 15 is 0 Å². The third kappa shape index (κ3) is 5.48. The van der Waals surface area contributed by atoms with Crippen molar-refractivity contribution in [1.82, 2.24) is 4.90 Å². The van der Waals surface area contributed by atoms with Crippen molar-refractivity contribution >= 4 is 15.8 Å². The second kappa shape index (κ2) is 8.37. The van der Waals surface area contributed by atoms with Gasteiger partial charge in [-0.05, 0) is 43.7 Å². The first-order valence-corrected chi connectivity index (χ1v) is 10.1. The van der Waals surface area contributed by atoms with E-state index < -0.39 is 15.7 Å². The number of hydrogen-bond acceptors (Lipinski definition) is 5. The van der Waals surface area contributed by atoms with Gasteiger partial charge in [-0.25, -0.2) is 12.8 Å².